The van der Waals surface area contributed by atoms with Crippen molar-refractivity contribution in [2.75, 3.05) is 16.2 Å². The molecule has 36 heavy (non-hydrogen) atoms. The Bertz CT molecular complexity index is 1480. The minimum Gasteiger partial charge on any atom is -0.326 e. The van der Waals surface area contributed by atoms with Crippen molar-refractivity contribution in [1.82, 2.24) is 0 Å². The van der Waals surface area contributed by atoms with E-state index < -0.39 is 10.0 Å². The highest BCUT2D eigenvalue weighted by atomic mass is 32.2. The number of fused-ring (bicyclic) bond motifs is 1. The molecule has 5 nitrogen and oxygen atoms in total. The number of nitrogens with zero attached hydrogens (tertiary/aromatic N) is 1. The molecule has 4 aromatic carbocycles. The fourth-order valence-corrected chi connectivity index (χ4v) is 6.07. The second-order valence-corrected chi connectivity index (χ2v) is 11.0. The summed E-state index contributed by atoms with van der Waals surface area (Å²) in [5.74, 6) is -0.147. The zero-order valence-corrected chi connectivity index (χ0v) is 21.0. The molecule has 0 aliphatic carbocycles. The van der Waals surface area contributed by atoms with Gasteiger partial charge in [-0.1, -0.05) is 78.4 Å². The van der Waals surface area contributed by atoms with Gasteiger partial charge < -0.3 is 5.32 Å². The molecule has 1 aliphatic rings. The second kappa shape index (κ2) is 9.99. The van der Waals surface area contributed by atoms with Crippen LogP contribution in [0, 0.1) is 6.92 Å². The molecule has 0 saturated carbocycles. The maximum atomic E-state index is 13.4. The Morgan fingerprint density at radius 2 is 1.56 bits per heavy atom. The van der Waals surface area contributed by atoms with E-state index in [2.05, 4.69) is 17.4 Å². The minimum absolute atomic E-state index is 0.147. The van der Waals surface area contributed by atoms with Gasteiger partial charge >= 0.3 is 0 Å². The van der Waals surface area contributed by atoms with Crippen LogP contribution in [0.2, 0.25) is 0 Å². The summed E-state index contributed by atoms with van der Waals surface area (Å²) >= 11 is 0. The van der Waals surface area contributed by atoms with Gasteiger partial charge in [0.05, 0.1) is 17.0 Å². The van der Waals surface area contributed by atoms with Crippen molar-refractivity contribution in [2.24, 2.45) is 0 Å². The predicted octanol–water partition coefficient (Wildman–Crippen LogP) is 5.98. The molecule has 0 bridgehead atoms. The smallest absolute Gasteiger partial charge is 0.264 e. The highest BCUT2D eigenvalue weighted by Gasteiger charge is 2.29. The van der Waals surface area contributed by atoms with Crippen molar-refractivity contribution in [3.05, 3.63) is 114 Å². The van der Waals surface area contributed by atoms with Crippen LogP contribution in [0.4, 0.5) is 11.4 Å². The molecule has 6 heteroatoms. The Morgan fingerprint density at radius 1 is 0.861 bits per heavy atom. The van der Waals surface area contributed by atoms with Gasteiger partial charge in [0.15, 0.2) is 0 Å². The van der Waals surface area contributed by atoms with Crippen LogP contribution in [0.15, 0.2) is 102 Å². The lowest BCUT2D eigenvalue weighted by molar-refractivity contribution is -0.115. The number of nitrogens with one attached hydrogen (secondary N) is 1. The number of rotatable bonds is 6. The van der Waals surface area contributed by atoms with Crippen LogP contribution in [0.3, 0.4) is 0 Å². The van der Waals surface area contributed by atoms with Gasteiger partial charge in [0.1, 0.15) is 0 Å². The standard InChI is InChI=1S/C30H28N2O3S/c1-22-9-17-28(18-10-22)36(34,35)32-19-5-8-26-15-16-27(21-29(26)32)31-30(33)20-23-11-13-25(14-12-23)24-6-3-2-4-7-24/h2-4,6-7,9-18,21H,5,8,19-20H2,1H3,(H,31,33). The maximum Gasteiger partial charge on any atom is 0.264 e. The maximum absolute atomic E-state index is 13.4. The Balaban J connectivity index is 1.32. The first-order valence-electron chi connectivity index (χ1n) is 12.1. The molecule has 182 valence electrons. The fraction of sp³-hybridized carbons (Fsp3) is 0.167. The zero-order valence-electron chi connectivity index (χ0n) is 20.1. The second-order valence-electron chi connectivity index (χ2n) is 9.13. The van der Waals surface area contributed by atoms with Crippen LogP contribution in [0.1, 0.15) is 23.1 Å². The van der Waals surface area contributed by atoms with E-state index in [-0.39, 0.29) is 17.2 Å². The van der Waals surface area contributed by atoms with Crippen molar-refractivity contribution in [3.8, 4) is 11.1 Å². The van der Waals surface area contributed by atoms with Crippen LogP contribution < -0.4 is 9.62 Å². The minimum atomic E-state index is -3.69. The number of benzene rings is 4. The van der Waals surface area contributed by atoms with Crippen LogP contribution in [-0.4, -0.2) is 20.9 Å². The highest BCUT2D eigenvalue weighted by molar-refractivity contribution is 7.92. The van der Waals surface area contributed by atoms with Crippen molar-refractivity contribution >= 4 is 27.3 Å². The Hall–Kier alpha value is -3.90. The lowest BCUT2D eigenvalue weighted by Gasteiger charge is -2.31. The van der Waals surface area contributed by atoms with Crippen molar-refractivity contribution in [2.45, 2.75) is 31.1 Å². The normalized spacial score (nSPS) is 13.2. The van der Waals surface area contributed by atoms with Gasteiger partial charge in [-0.15, -0.1) is 0 Å². The number of hydrogen-bond donors (Lipinski definition) is 1. The third kappa shape index (κ3) is 5.04. The van der Waals surface area contributed by atoms with Crippen LogP contribution >= 0.6 is 0 Å². The molecule has 0 atom stereocenters. The zero-order chi connectivity index (χ0) is 25.1. The molecule has 0 spiro atoms. The molecular formula is C30H28N2O3S. The quantitative estimate of drug-likeness (QED) is 0.357. The lowest BCUT2D eigenvalue weighted by atomic mass is 10.0. The van der Waals surface area contributed by atoms with Gasteiger partial charge in [0.2, 0.25) is 5.91 Å². The topological polar surface area (TPSA) is 66.5 Å². The van der Waals surface area contributed by atoms with Crippen molar-refractivity contribution in [3.63, 3.8) is 0 Å². The van der Waals surface area contributed by atoms with E-state index in [0.29, 0.717) is 17.9 Å². The van der Waals surface area contributed by atoms with Crippen LogP contribution in [-0.2, 0) is 27.7 Å². The molecule has 0 radical (unpaired) electrons. The Labute approximate surface area is 212 Å². The fourth-order valence-electron chi connectivity index (χ4n) is 4.54. The van der Waals surface area contributed by atoms with E-state index in [1.807, 2.05) is 61.5 Å². The van der Waals surface area contributed by atoms with Gasteiger partial charge in [0.25, 0.3) is 10.0 Å². The summed E-state index contributed by atoms with van der Waals surface area (Å²) in [6.45, 7) is 2.34. The van der Waals surface area contributed by atoms with E-state index in [9.17, 15) is 13.2 Å². The van der Waals surface area contributed by atoms with E-state index in [4.69, 9.17) is 0 Å². The Kier molecular flexibility index (Phi) is 6.61. The summed E-state index contributed by atoms with van der Waals surface area (Å²) in [6, 6.07) is 30.5. The van der Waals surface area contributed by atoms with Crippen LogP contribution in [0.25, 0.3) is 11.1 Å². The average Bonchev–Trinajstić information content (AvgIpc) is 2.89. The summed E-state index contributed by atoms with van der Waals surface area (Å²) in [4.78, 5) is 13.1. The van der Waals surface area contributed by atoms with Gasteiger partial charge in [-0.05, 0) is 66.3 Å². The molecule has 4 aromatic rings. The largest absolute Gasteiger partial charge is 0.326 e. The number of carbonyl (C=O) groups is 1. The number of carbonyl (C=O) groups excluding carboxylic acids is 1. The average molecular weight is 497 g/mol. The number of anilines is 2. The van der Waals surface area contributed by atoms with Gasteiger partial charge in [0, 0.05) is 12.2 Å². The van der Waals surface area contributed by atoms with E-state index in [1.54, 1.807) is 30.3 Å². The molecule has 1 N–H and O–H groups in total. The molecule has 0 fully saturated rings. The first-order chi connectivity index (χ1) is 17.4. The highest BCUT2D eigenvalue weighted by Crippen LogP contribution is 2.34. The van der Waals surface area contributed by atoms with Gasteiger partial charge in [-0.2, -0.15) is 0 Å². The van der Waals surface area contributed by atoms with Crippen molar-refractivity contribution in [1.29, 1.82) is 0 Å². The summed E-state index contributed by atoms with van der Waals surface area (Å²) in [6.07, 6.45) is 1.79. The first kappa shape index (κ1) is 23.8. The van der Waals surface area contributed by atoms with E-state index >= 15 is 0 Å². The molecule has 1 heterocycles. The molecule has 0 aromatic heterocycles. The first-order valence-corrected chi connectivity index (χ1v) is 13.5. The number of sulfonamides is 1. The van der Waals surface area contributed by atoms with E-state index in [0.717, 1.165) is 40.7 Å². The number of hydrogen-bond acceptors (Lipinski definition) is 3. The van der Waals surface area contributed by atoms with Gasteiger partial charge in [-0.3, -0.25) is 9.10 Å². The molecule has 5 rings (SSSR count). The van der Waals surface area contributed by atoms with Crippen LogP contribution in [0.5, 0.6) is 0 Å². The lowest BCUT2D eigenvalue weighted by Crippen LogP contribution is -2.35. The van der Waals surface area contributed by atoms with Gasteiger partial charge in [-0.25, -0.2) is 8.42 Å². The molecule has 0 unspecified atom stereocenters. The summed E-state index contributed by atoms with van der Waals surface area (Å²) in [7, 11) is -3.69. The predicted molar refractivity (Wildman–Crippen MR) is 145 cm³/mol. The Morgan fingerprint density at radius 3 is 2.28 bits per heavy atom. The summed E-state index contributed by atoms with van der Waals surface area (Å²) < 4.78 is 28.3. The SMILES string of the molecule is Cc1ccc(S(=O)(=O)N2CCCc3ccc(NC(=O)Cc4ccc(-c5ccccc5)cc4)cc32)cc1. The molecular weight excluding hydrogens is 468 g/mol. The number of amides is 1. The molecule has 1 aliphatic heterocycles. The third-order valence-corrected chi connectivity index (χ3v) is 8.31. The number of aryl methyl sites for hydroxylation is 2. The van der Waals surface area contributed by atoms with E-state index in [1.165, 1.54) is 4.31 Å². The summed E-state index contributed by atoms with van der Waals surface area (Å²) in [5, 5.41) is 2.95. The van der Waals surface area contributed by atoms with Crippen molar-refractivity contribution < 1.29 is 13.2 Å². The third-order valence-electron chi connectivity index (χ3n) is 6.48. The molecule has 1 amide bonds. The summed E-state index contributed by atoms with van der Waals surface area (Å²) in [5.41, 5.74) is 6.34. The monoisotopic (exact) mass is 496 g/mol. The molecule has 0 saturated heterocycles.